The number of thiocarbonyl (C=S) groups is 1. The fraction of sp³-hybridized carbons (Fsp3) is 0.800. The average Bonchev–Trinajstić information content (AvgIpc) is 2.45. The predicted octanol–water partition coefficient (Wildman–Crippen LogP) is 1.84. The molecular weight excluding hydrogens is 286 g/mol. The lowest BCUT2D eigenvalue weighted by molar-refractivity contribution is -0.134. The second-order valence-electron chi connectivity index (χ2n) is 5.20. The minimum atomic E-state index is -0.831. The minimum absolute atomic E-state index is 0.00168. The smallest absolute Gasteiger partial charge is 0.241 e. The van der Waals surface area contributed by atoms with E-state index in [0.29, 0.717) is 25.9 Å². The summed E-state index contributed by atoms with van der Waals surface area (Å²) in [5, 5.41) is 2.73. The first-order chi connectivity index (χ1) is 9.89. The average molecular weight is 315 g/mol. The SMILES string of the molecule is CCCC(CCC)(C(=O)NCC(=O)N(CC)CC)C(N)=S. The van der Waals surface area contributed by atoms with Crippen molar-refractivity contribution in [1.29, 1.82) is 0 Å². The van der Waals surface area contributed by atoms with Crippen molar-refractivity contribution in [2.75, 3.05) is 19.6 Å². The molecule has 6 heteroatoms. The highest BCUT2D eigenvalue weighted by molar-refractivity contribution is 7.80. The van der Waals surface area contributed by atoms with Crippen molar-refractivity contribution >= 4 is 29.0 Å². The van der Waals surface area contributed by atoms with Crippen molar-refractivity contribution in [3.8, 4) is 0 Å². The van der Waals surface area contributed by atoms with Gasteiger partial charge in [0.25, 0.3) is 0 Å². The van der Waals surface area contributed by atoms with Crippen LogP contribution >= 0.6 is 12.2 Å². The van der Waals surface area contributed by atoms with Gasteiger partial charge in [0.1, 0.15) is 0 Å². The first-order valence-electron chi connectivity index (χ1n) is 7.75. The number of hydrogen-bond acceptors (Lipinski definition) is 3. The first-order valence-corrected chi connectivity index (χ1v) is 8.16. The molecule has 0 aliphatic rings. The van der Waals surface area contributed by atoms with Crippen LogP contribution in [0.4, 0.5) is 0 Å². The summed E-state index contributed by atoms with van der Waals surface area (Å²) in [6.07, 6.45) is 2.85. The molecule has 122 valence electrons. The van der Waals surface area contributed by atoms with E-state index < -0.39 is 5.41 Å². The lowest BCUT2D eigenvalue weighted by atomic mass is 9.78. The quantitative estimate of drug-likeness (QED) is 0.603. The Morgan fingerprint density at radius 3 is 1.90 bits per heavy atom. The molecule has 0 fully saturated rings. The van der Waals surface area contributed by atoms with Crippen LogP contribution < -0.4 is 11.1 Å². The Kier molecular flexibility index (Phi) is 9.17. The second kappa shape index (κ2) is 9.71. The van der Waals surface area contributed by atoms with Crippen LogP contribution in [0.1, 0.15) is 53.4 Å². The largest absolute Gasteiger partial charge is 0.392 e. The molecule has 0 aromatic heterocycles. The fourth-order valence-electron chi connectivity index (χ4n) is 2.58. The Morgan fingerprint density at radius 1 is 1.10 bits per heavy atom. The van der Waals surface area contributed by atoms with Gasteiger partial charge in [-0.05, 0) is 26.7 Å². The van der Waals surface area contributed by atoms with Gasteiger partial charge in [-0.3, -0.25) is 9.59 Å². The van der Waals surface area contributed by atoms with E-state index in [1.165, 1.54) is 0 Å². The zero-order chi connectivity index (χ0) is 16.5. The van der Waals surface area contributed by atoms with E-state index in [2.05, 4.69) is 5.32 Å². The molecule has 0 atom stereocenters. The van der Waals surface area contributed by atoms with Crippen LogP contribution in [0.5, 0.6) is 0 Å². The van der Waals surface area contributed by atoms with Crippen LogP contribution in [0.3, 0.4) is 0 Å². The van der Waals surface area contributed by atoms with Crippen molar-refractivity contribution in [2.45, 2.75) is 53.4 Å². The number of likely N-dealkylation sites (N-methyl/N-ethyl adjacent to an activating group) is 1. The summed E-state index contributed by atoms with van der Waals surface area (Å²) in [4.78, 5) is 26.4. The molecule has 3 N–H and O–H groups in total. The van der Waals surface area contributed by atoms with E-state index in [-0.39, 0.29) is 23.3 Å². The maximum Gasteiger partial charge on any atom is 0.241 e. The Bertz CT molecular complexity index is 362. The first kappa shape index (κ1) is 19.8. The summed E-state index contributed by atoms with van der Waals surface area (Å²) in [6, 6.07) is 0. The third kappa shape index (κ3) is 5.26. The lowest BCUT2D eigenvalue weighted by Gasteiger charge is -2.31. The second-order valence-corrected chi connectivity index (χ2v) is 5.63. The van der Waals surface area contributed by atoms with Crippen LogP contribution in [0, 0.1) is 5.41 Å². The van der Waals surface area contributed by atoms with Gasteiger partial charge >= 0.3 is 0 Å². The molecule has 0 heterocycles. The molecule has 0 saturated heterocycles. The van der Waals surface area contributed by atoms with E-state index in [9.17, 15) is 9.59 Å². The number of nitrogens with one attached hydrogen (secondary N) is 1. The summed E-state index contributed by atoms with van der Waals surface area (Å²) in [6.45, 7) is 9.09. The molecular formula is C15H29N3O2S. The van der Waals surface area contributed by atoms with Gasteiger partial charge in [0.2, 0.25) is 11.8 Å². The summed E-state index contributed by atoms with van der Waals surface area (Å²) in [7, 11) is 0. The molecule has 0 aliphatic heterocycles. The van der Waals surface area contributed by atoms with Crippen molar-refractivity contribution in [3.63, 3.8) is 0 Å². The minimum Gasteiger partial charge on any atom is -0.392 e. The number of rotatable bonds is 10. The molecule has 0 unspecified atom stereocenters. The standard InChI is InChI=1S/C15H29N3O2S/c1-5-9-15(10-6-2,13(16)21)14(20)17-11-12(19)18(7-3)8-4/h5-11H2,1-4H3,(H2,16,21)(H,17,20). The zero-order valence-electron chi connectivity index (χ0n) is 13.7. The molecule has 0 bridgehead atoms. The summed E-state index contributed by atoms with van der Waals surface area (Å²) in [5.74, 6) is -0.308. The Labute approximate surface area is 133 Å². The predicted molar refractivity (Wildman–Crippen MR) is 90.0 cm³/mol. The van der Waals surface area contributed by atoms with Crippen molar-refractivity contribution < 1.29 is 9.59 Å². The number of carbonyl (C=O) groups excluding carboxylic acids is 2. The summed E-state index contributed by atoms with van der Waals surface area (Å²) < 4.78 is 0. The molecule has 0 aromatic carbocycles. The topological polar surface area (TPSA) is 75.4 Å². The molecule has 21 heavy (non-hydrogen) atoms. The van der Waals surface area contributed by atoms with Gasteiger partial charge in [-0.1, -0.05) is 38.9 Å². The van der Waals surface area contributed by atoms with Crippen LogP contribution in [-0.2, 0) is 9.59 Å². The number of carbonyl (C=O) groups is 2. The van der Waals surface area contributed by atoms with Gasteiger partial charge < -0.3 is 16.0 Å². The van der Waals surface area contributed by atoms with Gasteiger partial charge in [0.15, 0.2) is 0 Å². The van der Waals surface area contributed by atoms with E-state index >= 15 is 0 Å². The molecule has 0 rings (SSSR count). The number of nitrogens with two attached hydrogens (primary N) is 1. The molecule has 0 aromatic rings. The molecule has 0 spiro atoms. The van der Waals surface area contributed by atoms with Gasteiger partial charge in [-0.2, -0.15) is 0 Å². The molecule has 0 saturated carbocycles. The van der Waals surface area contributed by atoms with Crippen LogP contribution in [-0.4, -0.2) is 41.3 Å². The number of nitrogens with zero attached hydrogens (tertiary/aromatic N) is 1. The maximum atomic E-state index is 12.5. The summed E-state index contributed by atoms with van der Waals surface area (Å²) in [5.41, 5.74) is 5.01. The van der Waals surface area contributed by atoms with Gasteiger partial charge in [0, 0.05) is 13.1 Å². The third-order valence-electron chi connectivity index (χ3n) is 3.78. The Balaban J connectivity index is 4.90. The van der Waals surface area contributed by atoms with Crippen LogP contribution in [0.2, 0.25) is 0 Å². The third-order valence-corrected chi connectivity index (χ3v) is 4.17. The molecule has 2 amide bonds. The van der Waals surface area contributed by atoms with Crippen molar-refractivity contribution in [1.82, 2.24) is 10.2 Å². The van der Waals surface area contributed by atoms with Crippen molar-refractivity contribution in [2.24, 2.45) is 11.1 Å². The fourth-order valence-corrected chi connectivity index (χ4v) is 2.87. The van der Waals surface area contributed by atoms with Gasteiger partial charge in [-0.15, -0.1) is 0 Å². The number of amides is 2. The Hall–Kier alpha value is -1.17. The molecule has 0 aliphatic carbocycles. The van der Waals surface area contributed by atoms with E-state index in [0.717, 1.165) is 12.8 Å². The van der Waals surface area contributed by atoms with Crippen molar-refractivity contribution in [3.05, 3.63) is 0 Å². The van der Waals surface area contributed by atoms with E-state index in [4.69, 9.17) is 18.0 Å². The summed E-state index contributed by atoms with van der Waals surface area (Å²) >= 11 is 5.14. The normalized spacial score (nSPS) is 11.0. The lowest BCUT2D eigenvalue weighted by Crippen LogP contribution is -2.51. The molecule has 0 radical (unpaired) electrons. The van der Waals surface area contributed by atoms with E-state index in [1.54, 1.807) is 4.90 Å². The molecule has 5 nitrogen and oxygen atoms in total. The van der Waals surface area contributed by atoms with Crippen LogP contribution in [0.25, 0.3) is 0 Å². The van der Waals surface area contributed by atoms with Gasteiger partial charge in [0.05, 0.1) is 16.9 Å². The van der Waals surface area contributed by atoms with Crippen LogP contribution in [0.15, 0.2) is 0 Å². The van der Waals surface area contributed by atoms with Gasteiger partial charge in [-0.25, -0.2) is 0 Å². The number of hydrogen-bond donors (Lipinski definition) is 2. The van der Waals surface area contributed by atoms with E-state index in [1.807, 2.05) is 27.7 Å². The Morgan fingerprint density at radius 2 is 1.57 bits per heavy atom. The highest BCUT2D eigenvalue weighted by Gasteiger charge is 2.39. The maximum absolute atomic E-state index is 12.5. The monoisotopic (exact) mass is 315 g/mol. The zero-order valence-corrected chi connectivity index (χ0v) is 14.5. The highest BCUT2D eigenvalue weighted by atomic mass is 32.1. The highest BCUT2D eigenvalue weighted by Crippen LogP contribution is 2.30.